The van der Waals surface area contributed by atoms with Crippen LogP contribution < -0.4 is 0 Å². The van der Waals surface area contributed by atoms with E-state index in [1.54, 1.807) is 11.3 Å². The van der Waals surface area contributed by atoms with Gasteiger partial charge in [-0.3, -0.25) is 0 Å². The number of halogens is 4. The summed E-state index contributed by atoms with van der Waals surface area (Å²) in [5.74, 6) is 0. The van der Waals surface area contributed by atoms with Gasteiger partial charge in [0.05, 0.1) is 10.4 Å². The second-order valence-electron chi connectivity index (χ2n) is 3.16. The number of alkyl halides is 1. The first-order chi connectivity index (χ1) is 7.59. The average Bonchev–Trinajstić information content (AvgIpc) is 2.63. The fraction of sp³-hybridized carbons (Fsp3) is 0.0909. The maximum Gasteiger partial charge on any atom is 0.0953 e. The number of hydrogen-bond donors (Lipinski definition) is 0. The van der Waals surface area contributed by atoms with E-state index in [0.29, 0.717) is 0 Å². The molecule has 0 aliphatic rings. The first-order valence-corrected chi connectivity index (χ1v) is 7.69. The van der Waals surface area contributed by atoms with Gasteiger partial charge in [0.15, 0.2) is 0 Å². The number of benzene rings is 1. The second kappa shape index (κ2) is 5.40. The lowest BCUT2D eigenvalue weighted by molar-refractivity contribution is 1.17. The summed E-state index contributed by atoms with van der Waals surface area (Å²) >= 11 is 21.0. The van der Waals surface area contributed by atoms with Crippen molar-refractivity contribution >= 4 is 66.4 Å². The summed E-state index contributed by atoms with van der Waals surface area (Å²) in [6.45, 7) is 0. The largest absolute Gasteiger partial charge is 0.145 e. The molecule has 0 saturated carbocycles. The third-order valence-electron chi connectivity index (χ3n) is 2.11. The molecule has 0 fully saturated rings. The number of thiophene rings is 1. The van der Waals surface area contributed by atoms with Gasteiger partial charge >= 0.3 is 0 Å². The zero-order valence-electron chi connectivity index (χ0n) is 7.88. The molecule has 0 bridgehead atoms. The van der Waals surface area contributed by atoms with E-state index in [-0.39, 0.29) is 5.38 Å². The molecule has 0 spiro atoms. The molecular weight excluding hydrogens is 395 g/mol. The molecule has 0 N–H and O–H groups in total. The number of hydrogen-bond acceptors (Lipinski definition) is 1. The van der Waals surface area contributed by atoms with Gasteiger partial charge in [-0.15, -0.1) is 22.9 Å². The van der Waals surface area contributed by atoms with E-state index in [2.05, 4.69) is 31.9 Å². The van der Waals surface area contributed by atoms with Crippen molar-refractivity contribution in [2.75, 3.05) is 0 Å². The minimum atomic E-state index is -0.213. The Morgan fingerprint density at radius 3 is 2.50 bits per heavy atom. The van der Waals surface area contributed by atoms with Crippen LogP contribution in [0.1, 0.15) is 15.8 Å². The van der Waals surface area contributed by atoms with Crippen molar-refractivity contribution in [1.82, 2.24) is 0 Å². The summed E-state index contributed by atoms with van der Waals surface area (Å²) in [7, 11) is 0. The molecule has 1 heterocycles. The molecule has 84 valence electrons. The van der Waals surface area contributed by atoms with Crippen LogP contribution in [0.5, 0.6) is 0 Å². The SMILES string of the molecule is Clc1ccsc1C(Cl)c1ccc(Br)cc1Br. The summed E-state index contributed by atoms with van der Waals surface area (Å²) in [6, 6.07) is 7.80. The van der Waals surface area contributed by atoms with Crippen LogP contribution in [-0.2, 0) is 0 Å². The van der Waals surface area contributed by atoms with Crippen molar-refractivity contribution < 1.29 is 0 Å². The van der Waals surface area contributed by atoms with Gasteiger partial charge in [0, 0.05) is 13.8 Å². The molecule has 0 aliphatic carbocycles. The first kappa shape index (κ1) is 12.9. The molecule has 1 aromatic carbocycles. The Morgan fingerprint density at radius 2 is 1.94 bits per heavy atom. The van der Waals surface area contributed by atoms with Gasteiger partial charge in [-0.05, 0) is 29.1 Å². The van der Waals surface area contributed by atoms with Crippen LogP contribution in [0, 0.1) is 0 Å². The molecule has 2 rings (SSSR count). The zero-order chi connectivity index (χ0) is 11.7. The lowest BCUT2D eigenvalue weighted by Crippen LogP contribution is -1.92. The molecule has 1 unspecified atom stereocenters. The summed E-state index contributed by atoms with van der Waals surface area (Å²) in [4.78, 5) is 0.978. The maximum absolute atomic E-state index is 6.42. The van der Waals surface area contributed by atoms with E-state index in [9.17, 15) is 0 Å². The lowest BCUT2D eigenvalue weighted by atomic mass is 10.1. The maximum atomic E-state index is 6.42. The molecule has 0 nitrogen and oxygen atoms in total. The van der Waals surface area contributed by atoms with Gasteiger partial charge in [-0.1, -0.05) is 49.5 Å². The van der Waals surface area contributed by atoms with Crippen LogP contribution in [0.4, 0.5) is 0 Å². The highest BCUT2D eigenvalue weighted by molar-refractivity contribution is 9.11. The van der Waals surface area contributed by atoms with Crippen LogP contribution in [0.15, 0.2) is 38.6 Å². The molecule has 1 aromatic heterocycles. The molecule has 2 aromatic rings. The average molecular weight is 401 g/mol. The Balaban J connectivity index is 2.41. The van der Waals surface area contributed by atoms with Crippen molar-refractivity contribution in [3.05, 3.63) is 54.1 Å². The summed E-state index contributed by atoms with van der Waals surface area (Å²) in [5.41, 5.74) is 1.02. The molecule has 0 radical (unpaired) electrons. The highest BCUT2D eigenvalue weighted by atomic mass is 79.9. The monoisotopic (exact) mass is 398 g/mol. The van der Waals surface area contributed by atoms with Crippen LogP contribution in [0.3, 0.4) is 0 Å². The minimum Gasteiger partial charge on any atom is -0.145 e. The zero-order valence-corrected chi connectivity index (χ0v) is 13.4. The standard InChI is InChI=1S/C11H6Br2Cl2S/c12-6-1-2-7(8(13)5-6)10(15)11-9(14)3-4-16-11/h1-5,10H. The van der Waals surface area contributed by atoms with Crippen LogP contribution in [0.25, 0.3) is 0 Å². The normalized spacial score (nSPS) is 12.8. The first-order valence-electron chi connectivity index (χ1n) is 4.41. The summed E-state index contributed by atoms with van der Waals surface area (Å²) < 4.78 is 2.00. The van der Waals surface area contributed by atoms with Gasteiger partial charge < -0.3 is 0 Å². The topological polar surface area (TPSA) is 0 Å². The van der Waals surface area contributed by atoms with E-state index in [1.807, 2.05) is 29.6 Å². The van der Waals surface area contributed by atoms with Gasteiger partial charge in [0.1, 0.15) is 0 Å². The summed E-state index contributed by atoms with van der Waals surface area (Å²) in [6.07, 6.45) is 0. The second-order valence-corrected chi connectivity index (χ2v) is 6.72. The van der Waals surface area contributed by atoms with Crippen LogP contribution in [0.2, 0.25) is 5.02 Å². The van der Waals surface area contributed by atoms with Gasteiger partial charge in [0.2, 0.25) is 0 Å². The smallest absolute Gasteiger partial charge is 0.0953 e. The van der Waals surface area contributed by atoms with Crippen molar-refractivity contribution in [2.24, 2.45) is 0 Å². The quantitative estimate of drug-likeness (QED) is 0.522. The van der Waals surface area contributed by atoms with Crippen LogP contribution >= 0.6 is 66.4 Å². The van der Waals surface area contributed by atoms with Crippen molar-refractivity contribution in [2.45, 2.75) is 5.38 Å². The predicted octanol–water partition coefficient (Wildman–Crippen LogP) is 6.25. The number of rotatable bonds is 2. The fourth-order valence-corrected chi connectivity index (χ4v) is 4.42. The summed E-state index contributed by atoms with van der Waals surface area (Å²) in [5, 5.41) is 2.45. The fourth-order valence-electron chi connectivity index (χ4n) is 1.33. The minimum absolute atomic E-state index is 0.213. The molecule has 0 aliphatic heterocycles. The Kier molecular flexibility index (Phi) is 4.36. The van der Waals surface area contributed by atoms with Gasteiger partial charge in [-0.2, -0.15) is 0 Å². The Bertz CT molecular complexity index is 510. The molecule has 1 atom stereocenters. The van der Waals surface area contributed by atoms with Gasteiger partial charge in [-0.25, -0.2) is 0 Å². The highest BCUT2D eigenvalue weighted by Crippen LogP contribution is 2.40. The Labute approximate surface area is 125 Å². The third-order valence-corrected chi connectivity index (χ3v) is 5.30. The van der Waals surface area contributed by atoms with Gasteiger partial charge in [0.25, 0.3) is 0 Å². The predicted molar refractivity (Wildman–Crippen MR) is 78.9 cm³/mol. The van der Waals surface area contributed by atoms with E-state index < -0.39 is 0 Å². The van der Waals surface area contributed by atoms with Crippen molar-refractivity contribution in [1.29, 1.82) is 0 Å². The molecule has 0 saturated heterocycles. The lowest BCUT2D eigenvalue weighted by Gasteiger charge is -2.11. The third kappa shape index (κ3) is 2.65. The van der Waals surface area contributed by atoms with Crippen molar-refractivity contribution in [3.63, 3.8) is 0 Å². The van der Waals surface area contributed by atoms with E-state index in [1.165, 1.54) is 0 Å². The van der Waals surface area contributed by atoms with Crippen LogP contribution in [-0.4, -0.2) is 0 Å². The molecule has 5 heteroatoms. The Morgan fingerprint density at radius 1 is 1.19 bits per heavy atom. The van der Waals surface area contributed by atoms with E-state index >= 15 is 0 Å². The molecule has 0 amide bonds. The molecular formula is C11H6Br2Cl2S. The highest BCUT2D eigenvalue weighted by Gasteiger charge is 2.18. The molecule has 16 heavy (non-hydrogen) atoms. The van der Waals surface area contributed by atoms with E-state index in [0.717, 1.165) is 24.4 Å². The Hall–Kier alpha value is 0.460. The van der Waals surface area contributed by atoms with Crippen molar-refractivity contribution in [3.8, 4) is 0 Å². The van der Waals surface area contributed by atoms with E-state index in [4.69, 9.17) is 23.2 Å².